The highest BCUT2D eigenvalue weighted by molar-refractivity contribution is 7.89. The molecule has 0 atom stereocenters. The monoisotopic (exact) mass is 367 g/mol. The summed E-state index contributed by atoms with van der Waals surface area (Å²) >= 11 is 0. The zero-order valence-corrected chi connectivity index (χ0v) is 15.4. The Morgan fingerprint density at radius 2 is 2.12 bits per heavy atom. The van der Waals surface area contributed by atoms with E-state index in [1.807, 2.05) is 19.1 Å². The number of benzene rings is 1. The van der Waals surface area contributed by atoms with Crippen molar-refractivity contribution in [1.29, 1.82) is 0 Å². The van der Waals surface area contributed by atoms with Crippen molar-refractivity contribution in [3.8, 4) is 5.75 Å². The number of halogens is 1. The van der Waals surface area contributed by atoms with Crippen molar-refractivity contribution < 1.29 is 17.5 Å². The van der Waals surface area contributed by atoms with Crippen molar-refractivity contribution in [2.24, 2.45) is 5.92 Å². The van der Waals surface area contributed by atoms with E-state index < -0.39 is 21.4 Å². The molecule has 0 spiro atoms. The molecule has 2 aliphatic rings. The van der Waals surface area contributed by atoms with E-state index in [1.165, 1.54) is 12.5 Å². The van der Waals surface area contributed by atoms with Crippen LogP contribution in [0.5, 0.6) is 5.75 Å². The third-order valence-electron chi connectivity index (χ3n) is 5.07. The zero-order chi connectivity index (χ0) is 17.9. The van der Waals surface area contributed by atoms with Crippen LogP contribution in [0, 0.1) is 11.7 Å². The predicted molar refractivity (Wildman–Crippen MR) is 96.5 cm³/mol. The number of allylic oxidation sites excluding steroid dienone is 2. The summed E-state index contributed by atoms with van der Waals surface area (Å²) in [5.41, 5.74) is 0.184. The lowest BCUT2D eigenvalue weighted by Crippen LogP contribution is -2.36. The van der Waals surface area contributed by atoms with Gasteiger partial charge in [-0.2, -0.15) is 0 Å². The van der Waals surface area contributed by atoms with Crippen LogP contribution in [0.2, 0.25) is 0 Å². The Labute approximate surface area is 149 Å². The Bertz CT molecular complexity index is 737. The van der Waals surface area contributed by atoms with Crippen LogP contribution >= 0.6 is 0 Å². The first-order valence-corrected chi connectivity index (χ1v) is 10.6. The van der Waals surface area contributed by atoms with Crippen LogP contribution in [-0.4, -0.2) is 20.8 Å². The smallest absolute Gasteiger partial charge is 0.212 e. The minimum absolute atomic E-state index is 0.0608. The second-order valence-electron chi connectivity index (χ2n) is 7.11. The number of hydrogen-bond acceptors (Lipinski definition) is 3. The molecule has 0 saturated heterocycles. The summed E-state index contributed by atoms with van der Waals surface area (Å²) in [5, 5.41) is 0. The SMILES string of the molecule is C/C=C/CCS(=O)(=O)NC1(c2ccc(F)c(OCC3CCC3)c2)CC1. The van der Waals surface area contributed by atoms with Gasteiger partial charge in [0.25, 0.3) is 0 Å². The Hall–Kier alpha value is -1.40. The molecule has 1 aromatic carbocycles. The van der Waals surface area contributed by atoms with Crippen LogP contribution < -0.4 is 9.46 Å². The Morgan fingerprint density at radius 3 is 2.72 bits per heavy atom. The van der Waals surface area contributed by atoms with Crippen molar-refractivity contribution in [3.05, 3.63) is 41.7 Å². The fourth-order valence-corrected chi connectivity index (χ4v) is 4.56. The van der Waals surface area contributed by atoms with Crippen LogP contribution in [0.1, 0.15) is 51.0 Å². The molecule has 2 fully saturated rings. The highest BCUT2D eigenvalue weighted by Gasteiger charge is 2.47. The molecule has 0 heterocycles. The molecule has 0 radical (unpaired) electrons. The lowest BCUT2D eigenvalue weighted by atomic mass is 9.86. The molecule has 2 aliphatic carbocycles. The van der Waals surface area contributed by atoms with Crippen molar-refractivity contribution in [3.63, 3.8) is 0 Å². The minimum Gasteiger partial charge on any atom is -0.490 e. The molecule has 0 aromatic heterocycles. The Morgan fingerprint density at radius 1 is 1.36 bits per heavy atom. The van der Waals surface area contributed by atoms with Crippen molar-refractivity contribution in [1.82, 2.24) is 4.72 Å². The molecule has 4 nitrogen and oxygen atoms in total. The van der Waals surface area contributed by atoms with E-state index in [0.29, 0.717) is 18.9 Å². The molecule has 3 rings (SSSR count). The van der Waals surface area contributed by atoms with Crippen molar-refractivity contribution in [2.75, 3.05) is 12.4 Å². The lowest BCUT2D eigenvalue weighted by Gasteiger charge is -2.25. The molecule has 0 bridgehead atoms. The number of nitrogens with one attached hydrogen (secondary N) is 1. The van der Waals surface area contributed by atoms with Crippen LogP contribution in [0.25, 0.3) is 0 Å². The maximum absolute atomic E-state index is 14.0. The standard InChI is InChI=1S/C19H26FNO3S/c1-2-3-4-12-25(22,23)21-19(10-11-19)16-8-9-17(20)18(13-16)24-14-15-6-5-7-15/h2-3,8-9,13,15,21H,4-7,10-12,14H2,1H3/b3-2+. The number of hydrogen-bond donors (Lipinski definition) is 1. The Kier molecular flexibility index (Phi) is 5.49. The van der Waals surface area contributed by atoms with Gasteiger partial charge in [0.1, 0.15) is 0 Å². The first-order valence-electron chi connectivity index (χ1n) is 9.00. The summed E-state index contributed by atoms with van der Waals surface area (Å²) in [6, 6.07) is 4.70. The molecular formula is C19H26FNO3S. The first-order chi connectivity index (χ1) is 11.9. The summed E-state index contributed by atoms with van der Waals surface area (Å²) in [7, 11) is -3.38. The van der Waals surface area contributed by atoms with Gasteiger partial charge in [-0.3, -0.25) is 0 Å². The summed E-state index contributed by atoms with van der Waals surface area (Å²) < 4.78 is 47.1. The summed E-state index contributed by atoms with van der Waals surface area (Å²) in [4.78, 5) is 0. The van der Waals surface area contributed by atoms with Gasteiger partial charge in [-0.1, -0.05) is 24.6 Å². The minimum atomic E-state index is -3.38. The maximum Gasteiger partial charge on any atom is 0.212 e. The van der Waals surface area contributed by atoms with Gasteiger partial charge >= 0.3 is 0 Å². The van der Waals surface area contributed by atoms with E-state index in [0.717, 1.165) is 31.2 Å². The van der Waals surface area contributed by atoms with Gasteiger partial charge in [0.05, 0.1) is 17.9 Å². The molecular weight excluding hydrogens is 341 g/mol. The van der Waals surface area contributed by atoms with Gasteiger partial charge in [-0.05, 0) is 62.6 Å². The fourth-order valence-electron chi connectivity index (χ4n) is 3.09. The summed E-state index contributed by atoms with van der Waals surface area (Å²) in [5.74, 6) is 0.410. The zero-order valence-electron chi connectivity index (χ0n) is 14.6. The van der Waals surface area contributed by atoms with Crippen LogP contribution in [-0.2, 0) is 15.6 Å². The van der Waals surface area contributed by atoms with E-state index in [9.17, 15) is 12.8 Å². The molecule has 6 heteroatoms. The average molecular weight is 367 g/mol. The van der Waals surface area contributed by atoms with Crippen molar-refractivity contribution in [2.45, 2.75) is 51.0 Å². The van der Waals surface area contributed by atoms with Gasteiger partial charge in [0.2, 0.25) is 10.0 Å². The molecule has 0 unspecified atom stereocenters. The van der Waals surface area contributed by atoms with Crippen LogP contribution in [0.4, 0.5) is 4.39 Å². The third kappa shape index (κ3) is 4.61. The van der Waals surface area contributed by atoms with Crippen molar-refractivity contribution >= 4 is 10.0 Å². The molecule has 1 N–H and O–H groups in total. The third-order valence-corrected chi connectivity index (χ3v) is 6.55. The number of ether oxygens (including phenoxy) is 1. The average Bonchev–Trinajstić information content (AvgIpc) is 3.27. The van der Waals surface area contributed by atoms with Gasteiger partial charge in [0.15, 0.2) is 11.6 Å². The first kappa shape index (κ1) is 18.4. The number of rotatable bonds is 9. The predicted octanol–water partition coefficient (Wildman–Crippen LogP) is 3.88. The summed E-state index contributed by atoms with van der Waals surface area (Å²) in [6.07, 6.45) is 9.11. The van der Waals surface area contributed by atoms with Gasteiger partial charge in [0, 0.05) is 0 Å². The largest absolute Gasteiger partial charge is 0.490 e. The highest BCUT2D eigenvalue weighted by Crippen LogP contribution is 2.47. The molecule has 1 aromatic rings. The van der Waals surface area contributed by atoms with E-state index in [1.54, 1.807) is 12.1 Å². The van der Waals surface area contributed by atoms with E-state index in [2.05, 4.69) is 4.72 Å². The topological polar surface area (TPSA) is 55.4 Å². The second-order valence-corrected chi connectivity index (χ2v) is 8.96. The van der Waals surface area contributed by atoms with E-state index in [-0.39, 0.29) is 11.5 Å². The lowest BCUT2D eigenvalue weighted by molar-refractivity contribution is 0.175. The summed E-state index contributed by atoms with van der Waals surface area (Å²) in [6.45, 7) is 2.40. The van der Waals surface area contributed by atoms with E-state index >= 15 is 0 Å². The maximum atomic E-state index is 14.0. The van der Waals surface area contributed by atoms with Crippen LogP contribution in [0.15, 0.2) is 30.4 Å². The highest BCUT2D eigenvalue weighted by atomic mass is 32.2. The van der Waals surface area contributed by atoms with Gasteiger partial charge in [-0.15, -0.1) is 0 Å². The fraction of sp³-hybridized carbons (Fsp3) is 0.579. The second kappa shape index (κ2) is 7.46. The molecule has 2 saturated carbocycles. The Balaban J connectivity index is 1.69. The van der Waals surface area contributed by atoms with Gasteiger partial charge < -0.3 is 4.74 Å². The molecule has 138 valence electrons. The quantitative estimate of drug-likeness (QED) is 0.674. The van der Waals surface area contributed by atoms with Crippen LogP contribution in [0.3, 0.4) is 0 Å². The molecule has 25 heavy (non-hydrogen) atoms. The van der Waals surface area contributed by atoms with Gasteiger partial charge in [-0.25, -0.2) is 17.5 Å². The molecule has 0 amide bonds. The molecule has 0 aliphatic heterocycles. The van der Waals surface area contributed by atoms with E-state index in [4.69, 9.17) is 4.74 Å². The number of sulfonamides is 1. The normalized spacial score (nSPS) is 19.8.